The van der Waals surface area contributed by atoms with E-state index in [2.05, 4.69) is 0 Å². The molecule has 0 aliphatic heterocycles. The first-order valence-corrected chi connectivity index (χ1v) is 6.97. The number of hydrogen-bond acceptors (Lipinski definition) is 2. The third-order valence-electron chi connectivity index (χ3n) is 3.85. The molecule has 1 aromatic carbocycles. The molecule has 1 aromatic rings. The first kappa shape index (κ1) is 15.8. The maximum Gasteiger partial charge on any atom is 0.406 e. The van der Waals surface area contributed by atoms with Crippen LogP contribution in [0.15, 0.2) is 30.3 Å². The van der Waals surface area contributed by atoms with Crippen molar-refractivity contribution in [2.24, 2.45) is 11.7 Å². The van der Waals surface area contributed by atoms with Crippen LogP contribution in [0.25, 0.3) is 0 Å². The lowest BCUT2D eigenvalue weighted by atomic mass is 10.0. The Kier molecular flexibility index (Phi) is 4.56. The Morgan fingerprint density at radius 1 is 1.33 bits per heavy atom. The highest BCUT2D eigenvalue weighted by Crippen LogP contribution is 2.37. The van der Waals surface area contributed by atoms with Gasteiger partial charge in [0.2, 0.25) is 5.91 Å². The molecule has 1 amide bonds. The Morgan fingerprint density at radius 3 is 2.38 bits per heavy atom. The van der Waals surface area contributed by atoms with Crippen molar-refractivity contribution in [2.45, 2.75) is 38.0 Å². The van der Waals surface area contributed by atoms with Crippen LogP contribution in [-0.2, 0) is 4.79 Å². The van der Waals surface area contributed by atoms with E-state index in [9.17, 15) is 18.0 Å². The molecule has 0 bridgehead atoms. The number of rotatable bonds is 5. The fourth-order valence-corrected chi connectivity index (χ4v) is 2.43. The minimum atomic E-state index is -4.42. The Hall–Kier alpha value is -1.56. The SMILES string of the molecule is CC(C1CC1)N(CC(F)(F)F)C(=O)[C@@H](N)c1ccccc1. The molecule has 0 spiro atoms. The fourth-order valence-electron chi connectivity index (χ4n) is 2.43. The zero-order chi connectivity index (χ0) is 15.6. The topological polar surface area (TPSA) is 46.3 Å². The summed E-state index contributed by atoms with van der Waals surface area (Å²) in [6.45, 7) is 0.420. The lowest BCUT2D eigenvalue weighted by Crippen LogP contribution is -2.48. The molecule has 3 nitrogen and oxygen atoms in total. The van der Waals surface area contributed by atoms with Crippen LogP contribution < -0.4 is 5.73 Å². The van der Waals surface area contributed by atoms with Gasteiger partial charge in [-0.25, -0.2) is 0 Å². The van der Waals surface area contributed by atoms with E-state index in [1.54, 1.807) is 37.3 Å². The standard InChI is InChI=1S/C15H19F3N2O/c1-10(11-7-8-11)20(9-15(16,17)18)14(21)13(19)12-5-3-2-4-6-12/h2-6,10-11,13H,7-9,19H2,1H3/t10?,13-/m0/s1. The number of alkyl halides is 3. The quantitative estimate of drug-likeness (QED) is 0.909. The number of nitrogens with zero attached hydrogens (tertiary/aromatic N) is 1. The number of hydrogen-bond donors (Lipinski definition) is 1. The number of halogens is 3. The molecule has 1 unspecified atom stereocenters. The van der Waals surface area contributed by atoms with Crippen molar-refractivity contribution in [2.75, 3.05) is 6.54 Å². The second-order valence-corrected chi connectivity index (χ2v) is 5.55. The Labute approximate surface area is 121 Å². The highest BCUT2D eigenvalue weighted by molar-refractivity contribution is 5.83. The van der Waals surface area contributed by atoms with E-state index in [1.165, 1.54) is 0 Å². The van der Waals surface area contributed by atoms with Crippen LogP contribution in [0.1, 0.15) is 31.4 Å². The number of amides is 1. The largest absolute Gasteiger partial charge is 0.406 e. The van der Waals surface area contributed by atoms with Crippen molar-refractivity contribution in [1.29, 1.82) is 0 Å². The van der Waals surface area contributed by atoms with Crippen LogP contribution in [0.3, 0.4) is 0 Å². The van der Waals surface area contributed by atoms with E-state index < -0.39 is 30.7 Å². The second-order valence-electron chi connectivity index (χ2n) is 5.55. The van der Waals surface area contributed by atoms with E-state index in [-0.39, 0.29) is 5.92 Å². The van der Waals surface area contributed by atoms with Crippen molar-refractivity contribution < 1.29 is 18.0 Å². The lowest BCUT2D eigenvalue weighted by Gasteiger charge is -2.32. The van der Waals surface area contributed by atoms with Gasteiger partial charge in [0.05, 0.1) is 0 Å². The highest BCUT2D eigenvalue weighted by atomic mass is 19.4. The van der Waals surface area contributed by atoms with Gasteiger partial charge in [-0.2, -0.15) is 13.2 Å². The van der Waals surface area contributed by atoms with Gasteiger partial charge >= 0.3 is 6.18 Å². The maximum atomic E-state index is 12.7. The molecule has 0 aromatic heterocycles. The van der Waals surface area contributed by atoms with Gasteiger partial charge in [-0.1, -0.05) is 30.3 Å². The first-order chi connectivity index (χ1) is 9.79. The number of benzene rings is 1. The van der Waals surface area contributed by atoms with E-state index in [1.807, 2.05) is 0 Å². The van der Waals surface area contributed by atoms with Crippen molar-refractivity contribution in [3.8, 4) is 0 Å². The molecule has 116 valence electrons. The van der Waals surface area contributed by atoms with Crippen LogP contribution in [-0.4, -0.2) is 29.6 Å². The average Bonchev–Trinajstić information content (AvgIpc) is 3.27. The van der Waals surface area contributed by atoms with Crippen molar-refractivity contribution in [1.82, 2.24) is 4.90 Å². The van der Waals surface area contributed by atoms with Gasteiger partial charge in [0.25, 0.3) is 0 Å². The highest BCUT2D eigenvalue weighted by Gasteiger charge is 2.41. The van der Waals surface area contributed by atoms with E-state index in [0.29, 0.717) is 5.56 Å². The summed E-state index contributed by atoms with van der Waals surface area (Å²) in [5, 5.41) is 0. The monoisotopic (exact) mass is 300 g/mol. The summed E-state index contributed by atoms with van der Waals surface area (Å²) in [6.07, 6.45) is -2.69. The van der Waals surface area contributed by atoms with Gasteiger partial charge in [-0.05, 0) is 31.2 Å². The van der Waals surface area contributed by atoms with Crippen LogP contribution >= 0.6 is 0 Å². The van der Waals surface area contributed by atoms with Crippen molar-refractivity contribution >= 4 is 5.91 Å². The van der Waals surface area contributed by atoms with Crippen LogP contribution in [0, 0.1) is 5.92 Å². The smallest absolute Gasteiger partial charge is 0.329 e. The molecule has 2 N–H and O–H groups in total. The van der Waals surface area contributed by atoms with Gasteiger partial charge in [-0.3, -0.25) is 4.79 Å². The van der Waals surface area contributed by atoms with Gasteiger partial charge in [0.1, 0.15) is 12.6 Å². The predicted octanol–water partition coefficient (Wildman–Crippen LogP) is 2.88. The zero-order valence-electron chi connectivity index (χ0n) is 11.8. The number of carbonyl (C=O) groups excluding carboxylic acids is 1. The maximum absolute atomic E-state index is 12.7. The van der Waals surface area contributed by atoms with Gasteiger partial charge < -0.3 is 10.6 Å². The summed E-state index contributed by atoms with van der Waals surface area (Å²) in [5.74, 6) is -0.516. The molecule has 2 rings (SSSR count). The third-order valence-corrected chi connectivity index (χ3v) is 3.85. The number of carbonyl (C=O) groups is 1. The molecule has 1 aliphatic rings. The molecule has 1 saturated carbocycles. The van der Waals surface area contributed by atoms with Gasteiger partial charge in [0, 0.05) is 6.04 Å². The second kappa shape index (κ2) is 6.05. The summed E-state index contributed by atoms with van der Waals surface area (Å²) >= 11 is 0. The molecule has 0 saturated heterocycles. The predicted molar refractivity (Wildman–Crippen MR) is 73.3 cm³/mol. The summed E-state index contributed by atoms with van der Waals surface area (Å²) in [5.41, 5.74) is 6.38. The minimum absolute atomic E-state index is 0.152. The average molecular weight is 300 g/mol. The third kappa shape index (κ3) is 4.20. The Morgan fingerprint density at radius 2 is 1.90 bits per heavy atom. The van der Waals surface area contributed by atoms with Crippen molar-refractivity contribution in [3.63, 3.8) is 0 Å². The molecule has 1 fully saturated rings. The normalized spacial score (nSPS) is 18.1. The summed E-state index contributed by atoms with van der Waals surface area (Å²) in [4.78, 5) is 13.3. The van der Waals surface area contributed by atoms with Gasteiger partial charge in [-0.15, -0.1) is 0 Å². The zero-order valence-corrected chi connectivity index (χ0v) is 11.8. The molecule has 0 heterocycles. The molecule has 6 heteroatoms. The lowest BCUT2D eigenvalue weighted by molar-refractivity contribution is -0.166. The van der Waals surface area contributed by atoms with Crippen LogP contribution in [0.4, 0.5) is 13.2 Å². The van der Waals surface area contributed by atoms with Crippen LogP contribution in [0.5, 0.6) is 0 Å². The summed E-state index contributed by atoms with van der Waals surface area (Å²) in [6, 6.07) is 6.98. The number of nitrogens with two attached hydrogens (primary N) is 1. The molecule has 2 atom stereocenters. The molecule has 1 aliphatic carbocycles. The van der Waals surface area contributed by atoms with Gasteiger partial charge in [0.15, 0.2) is 0 Å². The van der Waals surface area contributed by atoms with Crippen molar-refractivity contribution in [3.05, 3.63) is 35.9 Å². The fraction of sp³-hybridized carbons (Fsp3) is 0.533. The Bertz CT molecular complexity index is 485. The first-order valence-electron chi connectivity index (χ1n) is 6.97. The van der Waals surface area contributed by atoms with Crippen LogP contribution in [0.2, 0.25) is 0 Å². The summed E-state index contributed by atoms with van der Waals surface area (Å²) in [7, 11) is 0. The van der Waals surface area contributed by atoms with E-state index >= 15 is 0 Å². The molecule has 21 heavy (non-hydrogen) atoms. The molecular formula is C15H19F3N2O. The summed E-state index contributed by atoms with van der Waals surface area (Å²) < 4.78 is 38.2. The molecular weight excluding hydrogens is 281 g/mol. The van der Waals surface area contributed by atoms with E-state index in [0.717, 1.165) is 17.7 Å². The minimum Gasteiger partial charge on any atom is -0.329 e. The molecule has 0 radical (unpaired) electrons. The van der Waals surface area contributed by atoms with E-state index in [4.69, 9.17) is 5.73 Å². The Balaban J connectivity index is 2.17.